The Labute approximate surface area is 246 Å². The van der Waals surface area contributed by atoms with Gasteiger partial charge in [0.15, 0.2) is 9.84 Å². The third kappa shape index (κ3) is 7.83. The van der Waals surface area contributed by atoms with Crippen LogP contribution in [0.4, 0.5) is 5.69 Å². The number of carbonyl (C=O) groups is 1. The summed E-state index contributed by atoms with van der Waals surface area (Å²) in [5, 5.41) is 6.77. The van der Waals surface area contributed by atoms with Gasteiger partial charge in [0.2, 0.25) is 10.0 Å². The van der Waals surface area contributed by atoms with Gasteiger partial charge in [0.05, 0.1) is 23.9 Å². The summed E-state index contributed by atoms with van der Waals surface area (Å²) in [5.41, 5.74) is 3.97. The number of hydrazone groups is 1. The number of nitrogens with one attached hydrogen (secondary N) is 1. The van der Waals surface area contributed by atoms with Gasteiger partial charge in [-0.25, -0.2) is 21.1 Å². The van der Waals surface area contributed by atoms with Crippen LogP contribution in [-0.4, -0.2) is 51.8 Å². The molecule has 0 bridgehead atoms. The van der Waals surface area contributed by atoms with Crippen LogP contribution in [-0.2, 0) is 37.6 Å². The number of hydrogen-bond acceptors (Lipinski definition) is 8. The van der Waals surface area contributed by atoms with Crippen molar-refractivity contribution in [3.63, 3.8) is 0 Å². The Morgan fingerprint density at radius 3 is 2.14 bits per heavy atom. The third-order valence-corrected chi connectivity index (χ3v) is 8.82. The maximum Gasteiger partial charge on any atom is 0.259 e. The van der Waals surface area contributed by atoms with Crippen molar-refractivity contribution < 1.29 is 21.6 Å². The van der Waals surface area contributed by atoms with E-state index in [0.717, 1.165) is 27.9 Å². The molecule has 1 amide bonds. The molecule has 42 heavy (non-hydrogen) atoms. The van der Waals surface area contributed by atoms with E-state index in [1.165, 1.54) is 6.21 Å². The fraction of sp³-hybridized carbons (Fsp3) is 0.161. The predicted molar refractivity (Wildman–Crippen MR) is 166 cm³/mol. The highest BCUT2D eigenvalue weighted by atomic mass is 32.2. The number of sulfone groups is 1. The van der Waals surface area contributed by atoms with Gasteiger partial charge in [-0.2, -0.15) is 5.10 Å². The molecule has 0 aromatic heterocycles. The van der Waals surface area contributed by atoms with Crippen LogP contribution >= 0.6 is 0 Å². The van der Waals surface area contributed by atoms with Gasteiger partial charge in [-0.15, -0.1) is 0 Å². The lowest BCUT2D eigenvalue weighted by molar-refractivity contribution is -0.127. The Hall–Kier alpha value is -4.48. The van der Waals surface area contributed by atoms with Gasteiger partial charge in [-0.05, 0) is 40.5 Å². The van der Waals surface area contributed by atoms with Gasteiger partial charge in [-0.3, -0.25) is 4.79 Å². The summed E-state index contributed by atoms with van der Waals surface area (Å²) < 4.78 is 51.2. The van der Waals surface area contributed by atoms with Crippen molar-refractivity contribution in [1.82, 2.24) is 4.31 Å². The van der Waals surface area contributed by atoms with Crippen LogP contribution in [0.25, 0.3) is 11.1 Å². The lowest BCUT2D eigenvalue weighted by atomic mass is 10.0. The molecule has 9 nitrogen and oxygen atoms in total. The lowest BCUT2D eigenvalue weighted by Crippen LogP contribution is -2.46. The van der Waals surface area contributed by atoms with Crippen molar-refractivity contribution in [2.24, 2.45) is 10.9 Å². The van der Waals surface area contributed by atoms with Crippen LogP contribution in [0.2, 0.25) is 0 Å². The number of sulfonamides is 1. The minimum atomic E-state index is -3.92. The van der Waals surface area contributed by atoms with E-state index in [2.05, 4.69) is 10.4 Å². The first-order valence-electron chi connectivity index (χ1n) is 13.0. The van der Waals surface area contributed by atoms with E-state index in [0.29, 0.717) is 22.4 Å². The maximum atomic E-state index is 13.9. The number of nitrogens with two attached hydrogens (primary N) is 1. The summed E-state index contributed by atoms with van der Waals surface area (Å²) in [6, 6.07) is 28.9. The molecule has 0 saturated carbocycles. The first kappa shape index (κ1) is 30.5. The molecule has 0 aliphatic carbocycles. The molecular weight excluding hydrogens is 572 g/mol. The van der Waals surface area contributed by atoms with Crippen LogP contribution in [0.1, 0.15) is 16.7 Å². The van der Waals surface area contributed by atoms with Crippen LogP contribution < -0.4 is 11.2 Å². The van der Waals surface area contributed by atoms with E-state index in [-0.39, 0.29) is 17.9 Å². The number of anilines is 1. The summed E-state index contributed by atoms with van der Waals surface area (Å²) in [6.07, 6.45) is 3.83. The second-order valence-corrected chi connectivity index (χ2v) is 13.8. The largest absolute Gasteiger partial charge is 0.373 e. The SMILES string of the molecule is CS(=O)(=O)c1ccccc1-c1ccc(N[C@@H](Cc2cccc(C=NN)c2)C(=O)N(Cc2ccccc2)S(C)(=O)=O)cc1. The quantitative estimate of drug-likeness (QED) is 0.150. The number of nitrogens with zero attached hydrogens (tertiary/aromatic N) is 2. The lowest BCUT2D eigenvalue weighted by Gasteiger charge is -2.27. The first-order chi connectivity index (χ1) is 20.0. The number of rotatable bonds is 11. The van der Waals surface area contributed by atoms with E-state index in [4.69, 9.17) is 5.84 Å². The Bertz CT molecular complexity index is 1790. The van der Waals surface area contributed by atoms with Crippen molar-refractivity contribution in [1.29, 1.82) is 0 Å². The fourth-order valence-corrected chi connectivity index (χ4v) is 6.33. The summed E-state index contributed by atoms with van der Waals surface area (Å²) in [5.74, 6) is 4.69. The zero-order chi connectivity index (χ0) is 30.3. The Balaban J connectivity index is 1.69. The van der Waals surface area contributed by atoms with Gasteiger partial charge >= 0.3 is 0 Å². The minimum Gasteiger partial charge on any atom is -0.373 e. The van der Waals surface area contributed by atoms with E-state index < -0.39 is 31.8 Å². The van der Waals surface area contributed by atoms with E-state index in [1.807, 2.05) is 24.3 Å². The molecule has 3 N–H and O–H groups in total. The van der Waals surface area contributed by atoms with Crippen molar-refractivity contribution in [3.8, 4) is 11.1 Å². The van der Waals surface area contributed by atoms with Crippen LogP contribution in [0.3, 0.4) is 0 Å². The third-order valence-electron chi connectivity index (χ3n) is 6.55. The van der Waals surface area contributed by atoms with Crippen LogP contribution in [0.5, 0.6) is 0 Å². The molecule has 0 heterocycles. The van der Waals surface area contributed by atoms with Crippen molar-refractivity contribution in [3.05, 3.63) is 120 Å². The second kappa shape index (κ2) is 13.0. The molecule has 4 aromatic rings. The zero-order valence-corrected chi connectivity index (χ0v) is 24.8. The van der Waals surface area contributed by atoms with Gasteiger partial charge in [0, 0.05) is 23.9 Å². The number of hydrogen-bond donors (Lipinski definition) is 2. The zero-order valence-electron chi connectivity index (χ0n) is 23.2. The van der Waals surface area contributed by atoms with Crippen molar-refractivity contribution >= 4 is 37.7 Å². The smallest absolute Gasteiger partial charge is 0.259 e. The van der Waals surface area contributed by atoms with Crippen LogP contribution in [0.15, 0.2) is 113 Å². The first-order valence-corrected chi connectivity index (χ1v) is 16.7. The predicted octanol–water partition coefficient (Wildman–Crippen LogP) is 4.06. The maximum absolute atomic E-state index is 13.9. The molecule has 0 aliphatic rings. The van der Waals surface area contributed by atoms with Gasteiger partial charge in [0.1, 0.15) is 6.04 Å². The minimum absolute atomic E-state index is 0.113. The highest BCUT2D eigenvalue weighted by Crippen LogP contribution is 2.29. The second-order valence-electron chi connectivity index (χ2n) is 9.86. The van der Waals surface area contributed by atoms with Crippen LogP contribution in [0, 0.1) is 0 Å². The normalized spacial score (nSPS) is 12.6. The van der Waals surface area contributed by atoms with Gasteiger partial charge in [-0.1, -0.05) is 84.9 Å². The topological polar surface area (TPSA) is 139 Å². The van der Waals surface area contributed by atoms with Gasteiger partial charge < -0.3 is 11.2 Å². The Morgan fingerprint density at radius 2 is 1.50 bits per heavy atom. The molecule has 0 radical (unpaired) electrons. The number of amides is 1. The monoisotopic (exact) mass is 604 g/mol. The molecule has 0 unspecified atom stereocenters. The molecule has 11 heteroatoms. The Morgan fingerprint density at radius 1 is 0.857 bits per heavy atom. The molecular formula is C31H32N4O5S2. The fourth-order valence-electron chi connectivity index (χ4n) is 4.58. The van der Waals surface area contributed by atoms with Crippen molar-refractivity contribution in [2.45, 2.75) is 23.9 Å². The van der Waals surface area contributed by atoms with Gasteiger partial charge in [0.25, 0.3) is 5.91 Å². The Kier molecular flexibility index (Phi) is 9.44. The molecule has 4 rings (SSSR count). The molecule has 4 aromatic carbocycles. The number of benzene rings is 4. The van der Waals surface area contributed by atoms with Crippen molar-refractivity contribution in [2.75, 3.05) is 17.8 Å². The molecule has 0 spiro atoms. The summed E-state index contributed by atoms with van der Waals surface area (Å²) >= 11 is 0. The summed E-state index contributed by atoms with van der Waals surface area (Å²) in [7, 11) is -7.37. The average molecular weight is 605 g/mol. The molecule has 1 atom stereocenters. The highest BCUT2D eigenvalue weighted by Gasteiger charge is 2.31. The molecule has 0 aliphatic heterocycles. The average Bonchev–Trinajstić information content (AvgIpc) is 2.95. The van der Waals surface area contributed by atoms with E-state index in [9.17, 15) is 21.6 Å². The number of carbonyl (C=O) groups excluding carboxylic acids is 1. The standard InChI is InChI=1S/C31H32N4O5S2/c1-41(37,38)30-14-7-6-13-28(30)26-15-17-27(18-16-26)34-29(20-24-11-8-12-25(19-24)21-33-32)31(36)35(42(2,39)40)22-23-9-4-3-5-10-23/h3-19,21,29,34H,20,22,32H2,1-2H3/t29-/m0/s1. The molecule has 218 valence electrons. The van der Waals surface area contributed by atoms with E-state index >= 15 is 0 Å². The highest BCUT2D eigenvalue weighted by molar-refractivity contribution is 7.90. The molecule has 0 saturated heterocycles. The summed E-state index contributed by atoms with van der Waals surface area (Å²) in [6.45, 7) is -0.113. The molecule has 0 fully saturated rings. The summed E-state index contributed by atoms with van der Waals surface area (Å²) in [4.78, 5) is 14.1. The van der Waals surface area contributed by atoms with E-state index in [1.54, 1.807) is 78.9 Å².